The van der Waals surface area contributed by atoms with Crippen molar-refractivity contribution >= 4 is 22.4 Å². The lowest BCUT2D eigenvalue weighted by atomic mass is 9.96. The van der Waals surface area contributed by atoms with Gasteiger partial charge >= 0.3 is 0 Å². The number of H-pyrrole nitrogens is 1. The monoisotopic (exact) mass is 449 g/mol. The van der Waals surface area contributed by atoms with Crippen LogP contribution in [0.3, 0.4) is 0 Å². The average molecular weight is 450 g/mol. The summed E-state index contributed by atoms with van der Waals surface area (Å²) in [5.41, 5.74) is 5.43. The van der Waals surface area contributed by atoms with Gasteiger partial charge in [-0.15, -0.1) is 0 Å². The number of nitrogens with one attached hydrogen (secondary N) is 2. The minimum absolute atomic E-state index is 0.131. The van der Waals surface area contributed by atoms with Crippen molar-refractivity contribution in [2.45, 2.75) is 65.5 Å². The van der Waals surface area contributed by atoms with Crippen molar-refractivity contribution in [2.24, 2.45) is 0 Å². The molecule has 1 fully saturated rings. The first-order valence-corrected chi connectivity index (χ1v) is 11.8. The summed E-state index contributed by atoms with van der Waals surface area (Å²) >= 11 is 0. The van der Waals surface area contributed by atoms with Crippen LogP contribution in [0.4, 0.5) is 10.2 Å². The number of anilines is 1. The molecule has 1 aliphatic heterocycles. The lowest BCUT2D eigenvalue weighted by Crippen LogP contribution is -2.45. The first-order chi connectivity index (χ1) is 15.8. The zero-order valence-electron chi connectivity index (χ0n) is 20.0. The molecule has 5 heterocycles. The van der Waals surface area contributed by atoms with E-state index in [2.05, 4.69) is 64.0 Å². The van der Waals surface area contributed by atoms with Crippen LogP contribution < -0.4 is 10.2 Å². The van der Waals surface area contributed by atoms with Crippen molar-refractivity contribution in [2.75, 3.05) is 18.0 Å². The van der Waals surface area contributed by atoms with Crippen molar-refractivity contribution in [3.05, 3.63) is 41.7 Å². The van der Waals surface area contributed by atoms with Gasteiger partial charge in [-0.2, -0.15) is 5.10 Å². The number of aromatic amines is 1. The van der Waals surface area contributed by atoms with Gasteiger partial charge in [0.1, 0.15) is 6.33 Å². The van der Waals surface area contributed by atoms with Gasteiger partial charge in [-0.3, -0.25) is 0 Å². The Balaban J connectivity index is 1.57. The third-order valence-corrected chi connectivity index (χ3v) is 6.59. The Hall–Kier alpha value is -3.00. The molecule has 2 N–H and O–H groups in total. The van der Waals surface area contributed by atoms with Crippen molar-refractivity contribution in [1.82, 2.24) is 29.9 Å². The number of hydrogen-bond donors (Lipinski definition) is 2. The van der Waals surface area contributed by atoms with Crippen LogP contribution >= 0.6 is 0 Å². The first-order valence-electron chi connectivity index (χ1n) is 11.8. The van der Waals surface area contributed by atoms with Gasteiger partial charge in [0, 0.05) is 42.3 Å². The number of halogens is 1. The molecule has 1 saturated heterocycles. The first kappa shape index (κ1) is 21.8. The van der Waals surface area contributed by atoms with E-state index in [1.54, 1.807) is 17.0 Å². The molecule has 174 valence electrons. The molecule has 0 bridgehead atoms. The summed E-state index contributed by atoms with van der Waals surface area (Å²) < 4.78 is 17.8. The Kier molecular flexibility index (Phi) is 5.56. The standard InChI is InChI=1S/C25H32FN7/c1-14(2)20-21-19(31-23(20)17-10-16(5)24-28-13-29-33(24)12-17)11-27-25(22(21)26)32-8-6-18(7-9-32)30-15(3)4/h10-15,18,30-31H,6-9H2,1-5H3. The smallest absolute Gasteiger partial charge is 0.175 e. The molecule has 0 spiro atoms. The zero-order chi connectivity index (χ0) is 23.3. The van der Waals surface area contributed by atoms with E-state index < -0.39 is 0 Å². The van der Waals surface area contributed by atoms with Crippen LogP contribution in [0.1, 0.15) is 57.6 Å². The molecule has 0 aromatic carbocycles. The summed E-state index contributed by atoms with van der Waals surface area (Å²) in [6.45, 7) is 12.2. The van der Waals surface area contributed by atoms with E-state index in [0.717, 1.165) is 59.5 Å². The molecule has 7 nitrogen and oxygen atoms in total. The quantitative estimate of drug-likeness (QED) is 0.457. The summed E-state index contributed by atoms with van der Waals surface area (Å²) in [4.78, 5) is 14.4. The van der Waals surface area contributed by atoms with Gasteiger partial charge in [0.05, 0.1) is 17.4 Å². The lowest BCUT2D eigenvalue weighted by molar-refractivity contribution is 0.384. The molecule has 4 aromatic heterocycles. The molecule has 33 heavy (non-hydrogen) atoms. The molecule has 0 aliphatic carbocycles. The molecule has 8 heteroatoms. The number of rotatable bonds is 5. The highest BCUT2D eigenvalue weighted by atomic mass is 19.1. The van der Waals surface area contributed by atoms with Gasteiger partial charge < -0.3 is 15.2 Å². The Labute approximate surface area is 193 Å². The topological polar surface area (TPSA) is 74.1 Å². The van der Waals surface area contributed by atoms with Crippen LogP contribution in [-0.2, 0) is 0 Å². The number of aromatic nitrogens is 5. The third kappa shape index (κ3) is 3.86. The minimum atomic E-state index is -0.229. The van der Waals surface area contributed by atoms with Gasteiger partial charge in [0.25, 0.3) is 0 Å². The maximum absolute atomic E-state index is 16.0. The minimum Gasteiger partial charge on any atom is -0.354 e. The van der Waals surface area contributed by atoms with Crippen LogP contribution in [0.5, 0.6) is 0 Å². The van der Waals surface area contributed by atoms with Gasteiger partial charge in [0.2, 0.25) is 0 Å². The van der Waals surface area contributed by atoms with Crippen molar-refractivity contribution in [1.29, 1.82) is 0 Å². The normalized spacial score (nSPS) is 15.6. The van der Waals surface area contributed by atoms with E-state index in [1.807, 2.05) is 13.1 Å². The highest BCUT2D eigenvalue weighted by Gasteiger charge is 2.27. The molecular weight excluding hydrogens is 417 g/mol. The second-order valence-corrected chi connectivity index (χ2v) is 9.78. The molecule has 1 aliphatic rings. The fourth-order valence-electron chi connectivity index (χ4n) is 5.15. The average Bonchev–Trinajstić information content (AvgIpc) is 3.39. The fraction of sp³-hybridized carbons (Fsp3) is 0.480. The van der Waals surface area contributed by atoms with E-state index in [9.17, 15) is 0 Å². The summed E-state index contributed by atoms with van der Waals surface area (Å²) in [5.74, 6) is 0.361. The highest BCUT2D eigenvalue weighted by molar-refractivity contribution is 5.93. The predicted octanol–water partition coefficient (Wildman–Crippen LogP) is 4.81. The van der Waals surface area contributed by atoms with Crippen LogP contribution in [0.2, 0.25) is 0 Å². The summed E-state index contributed by atoms with van der Waals surface area (Å²) in [7, 11) is 0. The summed E-state index contributed by atoms with van der Waals surface area (Å²) in [6.07, 6.45) is 7.26. The van der Waals surface area contributed by atoms with Crippen LogP contribution in [0.25, 0.3) is 27.8 Å². The van der Waals surface area contributed by atoms with E-state index in [-0.39, 0.29) is 11.7 Å². The van der Waals surface area contributed by atoms with Gasteiger partial charge in [-0.05, 0) is 42.9 Å². The van der Waals surface area contributed by atoms with Crippen LogP contribution in [-0.4, -0.2) is 49.7 Å². The lowest BCUT2D eigenvalue weighted by Gasteiger charge is -2.34. The zero-order valence-corrected chi connectivity index (χ0v) is 20.0. The molecule has 0 saturated carbocycles. The Morgan fingerprint density at radius 1 is 1.15 bits per heavy atom. The van der Waals surface area contributed by atoms with Gasteiger partial charge in [0.15, 0.2) is 17.3 Å². The summed E-state index contributed by atoms with van der Waals surface area (Å²) in [5, 5.41) is 8.55. The number of aryl methyl sites for hydroxylation is 1. The number of hydrogen-bond acceptors (Lipinski definition) is 5. The second kappa shape index (κ2) is 8.41. The van der Waals surface area contributed by atoms with Gasteiger partial charge in [-0.25, -0.2) is 18.9 Å². The van der Waals surface area contributed by atoms with Gasteiger partial charge in [-0.1, -0.05) is 27.7 Å². The summed E-state index contributed by atoms with van der Waals surface area (Å²) in [6, 6.07) is 3.02. The molecule has 0 radical (unpaired) electrons. The predicted molar refractivity (Wildman–Crippen MR) is 130 cm³/mol. The second-order valence-electron chi connectivity index (χ2n) is 9.78. The number of fused-ring (bicyclic) bond motifs is 2. The molecule has 4 aromatic rings. The molecule has 5 rings (SSSR count). The molecule has 0 amide bonds. The van der Waals surface area contributed by atoms with Crippen LogP contribution in [0, 0.1) is 12.7 Å². The highest BCUT2D eigenvalue weighted by Crippen LogP contribution is 2.39. The third-order valence-electron chi connectivity index (χ3n) is 6.59. The number of nitrogens with zero attached hydrogens (tertiary/aromatic N) is 5. The van der Waals surface area contributed by atoms with Crippen molar-refractivity contribution in [3.63, 3.8) is 0 Å². The molecular formula is C25H32FN7. The number of piperidine rings is 1. The Bertz CT molecular complexity index is 1300. The SMILES string of the molecule is Cc1cc(-c2[nH]c3cnc(N4CCC(NC(C)C)CC4)c(F)c3c2C(C)C)cn2ncnc12. The largest absolute Gasteiger partial charge is 0.354 e. The van der Waals surface area contributed by atoms with E-state index in [4.69, 9.17) is 0 Å². The Morgan fingerprint density at radius 3 is 2.61 bits per heavy atom. The fourth-order valence-corrected chi connectivity index (χ4v) is 5.15. The van der Waals surface area contributed by atoms with E-state index in [0.29, 0.717) is 23.3 Å². The van der Waals surface area contributed by atoms with Crippen molar-refractivity contribution < 1.29 is 4.39 Å². The molecule has 0 atom stereocenters. The van der Waals surface area contributed by atoms with Crippen molar-refractivity contribution in [3.8, 4) is 11.3 Å². The van der Waals surface area contributed by atoms with E-state index in [1.165, 1.54) is 0 Å². The van der Waals surface area contributed by atoms with E-state index >= 15 is 4.39 Å². The van der Waals surface area contributed by atoms with Crippen LogP contribution in [0.15, 0.2) is 24.8 Å². The Morgan fingerprint density at radius 2 is 1.91 bits per heavy atom. The number of pyridine rings is 2. The maximum atomic E-state index is 16.0. The molecule has 0 unspecified atom stereocenters. The maximum Gasteiger partial charge on any atom is 0.175 e.